The Morgan fingerprint density at radius 2 is 2.21 bits per heavy atom. The average Bonchev–Trinajstić information content (AvgIpc) is 2.29. The van der Waals surface area contributed by atoms with Crippen LogP contribution in [0, 0.1) is 0 Å². The predicted molar refractivity (Wildman–Crippen MR) is 66.1 cm³/mol. The van der Waals surface area contributed by atoms with Gasteiger partial charge in [0.05, 0.1) is 0 Å². The van der Waals surface area contributed by atoms with Crippen molar-refractivity contribution in [2.24, 2.45) is 0 Å². The van der Waals surface area contributed by atoms with E-state index in [2.05, 4.69) is 43.0 Å². The van der Waals surface area contributed by atoms with Gasteiger partial charge in [-0.15, -0.1) is 0 Å². The molecule has 1 rings (SSSR count). The maximum absolute atomic E-state index is 4.25. The Bertz CT molecular complexity index is 194. The van der Waals surface area contributed by atoms with Crippen LogP contribution in [0.5, 0.6) is 0 Å². The molecule has 0 spiro atoms. The Hall–Kier alpha value is 0.01000. The molecular formula is C11H22N2S. The molecule has 0 aromatic carbocycles. The van der Waals surface area contributed by atoms with Crippen molar-refractivity contribution >= 4 is 12.6 Å². The van der Waals surface area contributed by atoms with Crippen LogP contribution in [0.2, 0.25) is 0 Å². The van der Waals surface area contributed by atoms with Gasteiger partial charge >= 0.3 is 0 Å². The Morgan fingerprint density at radius 1 is 1.50 bits per heavy atom. The minimum Gasteiger partial charge on any atom is -0.305 e. The minimum absolute atomic E-state index is 0.638. The maximum Gasteiger partial charge on any atom is 0.0201 e. The first kappa shape index (κ1) is 12.1. The highest BCUT2D eigenvalue weighted by atomic mass is 32.1. The lowest BCUT2D eigenvalue weighted by atomic mass is 10.2. The summed E-state index contributed by atoms with van der Waals surface area (Å²) in [5, 5.41) is 0. The summed E-state index contributed by atoms with van der Waals surface area (Å²) in [6.07, 6.45) is 1.26. The Labute approximate surface area is 93.4 Å². The van der Waals surface area contributed by atoms with Gasteiger partial charge in [0.25, 0.3) is 0 Å². The first-order valence-corrected chi connectivity index (χ1v) is 5.97. The van der Waals surface area contributed by atoms with E-state index < -0.39 is 0 Å². The van der Waals surface area contributed by atoms with Crippen molar-refractivity contribution < 1.29 is 0 Å². The summed E-state index contributed by atoms with van der Waals surface area (Å²) in [6, 6.07) is 0.638. The van der Waals surface area contributed by atoms with Crippen LogP contribution in [0.1, 0.15) is 13.3 Å². The van der Waals surface area contributed by atoms with Crippen molar-refractivity contribution in [3.63, 3.8) is 0 Å². The van der Waals surface area contributed by atoms with Crippen molar-refractivity contribution in [2.75, 3.05) is 39.0 Å². The van der Waals surface area contributed by atoms with E-state index in [9.17, 15) is 0 Å². The summed E-state index contributed by atoms with van der Waals surface area (Å²) in [6.45, 7) is 10.9. The van der Waals surface area contributed by atoms with Crippen molar-refractivity contribution in [1.29, 1.82) is 0 Å². The highest BCUT2D eigenvalue weighted by molar-refractivity contribution is 7.80. The molecule has 1 heterocycles. The molecule has 3 heteroatoms. The van der Waals surface area contributed by atoms with Gasteiger partial charge in [0.1, 0.15) is 0 Å². The molecule has 14 heavy (non-hydrogen) atoms. The van der Waals surface area contributed by atoms with E-state index in [1.54, 1.807) is 0 Å². The van der Waals surface area contributed by atoms with Crippen LogP contribution in [-0.4, -0.2) is 54.8 Å². The van der Waals surface area contributed by atoms with Crippen molar-refractivity contribution in [1.82, 2.24) is 9.80 Å². The van der Waals surface area contributed by atoms with Crippen molar-refractivity contribution in [2.45, 2.75) is 19.4 Å². The van der Waals surface area contributed by atoms with Crippen LogP contribution in [0.4, 0.5) is 0 Å². The van der Waals surface area contributed by atoms with Gasteiger partial charge in [-0.05, 0) is 26.9 Å². The normalized spacial score (nSPS) is 26.1. The van der Waals surface area contributed by atoms with Crippen LogP contribution in [0.25, 0.3) is 0 Å². The van der Waals surface area contributed by atoms with Gasteiger partial charge in [-0.25, -0.2) is 0 Å². The van der Waals surface area contributed by atoms with E-state index >= 15 is 0 Å². The van der Waals surface area contributed by atoms with Crippen LogP contribution in [0.15, 0.2) is 12.2 Å². The van der Waals surface area contributed by atoms with Crippen molar-refractivity contribution in [3.8, 4) is 0 Å². The summed E-state index contributed by atoms with van der Waals surface area (Å²) in [7, 11) is 2.20. The monoisotopic (exact) mass is 214 g/mol. The zero-order chi connectivity index (χ0) is 10.6. The molecule has 1 fully saturated rings. The Morgan fingerprint density at radius 3 is 2.86 bits per heavy atom. The summed E-state index contributed by atoms with van der Waals surface area (Å²) >= 11 is 4.25. The fourth-order valence-corrected chi connectivity index (χ4v) is 2.09. The highest BCUT2D eigenvalue weighted by Crippen LogP contribution is 2.10. The lowest BCUT2D eigenvalue weighted by molar-refractivity contribution is 0.217. The zero-order valence-corrected chi connectivity index (χ0v) is 10.3. The number of nitrogens with zero attached hydrogens (tertiary/aromatic N) is 2. The third kappa shape index (κ3) is 3.64. The number of rotatable bonds is 3. The second-order valence-electron chi connectivity index (χ2n) is 4.34. The zero-order valence-electron chi connectivity index (χ0n) is 9.37. The molecule has 0 amide bonds. The number of hydrogen-bond acceptors (Lipinski definition) is 3. The van der Waals surface area contributed by atoms with Crippen molar-refractivity contribution in [3.05, 3.63) is 12.2 Å². The molecule has 0 radical (unpaired) electrons. The first-order chi connectivity index (χ1) is 6.63. The molecule has 0 aromatic rings. The molecule has 0 aromatic heterocycles. The van der Waals surface area contributed by atoms with E-state index in [0.29, 0.717) is 6.04 Å². The summed E-state index contributed by atoms with van der Waals surface area (Å²) < 4.78 is 0. The largest absolute Gasteiger partial charge is 0.305 e. The van der Waals surface area contributed by atoms with Gasteiger partial charge < -0.3 is 4.90 Å². The minimum atomic E-state index is 0.638. The summed E-state index contributed by atoms with van der Waals surface area (Å²) in [5.74, 6) is 0.805. The van der Waals surface area contributed by atoms with E-state index in [0.717, 1.165) is 12.3 Å². The molecule has 1 aliphatic heterocycles. The highest BCUT2D eigenvalue weighted by Gasteiger charge is 2.19. The molecule has 82 valence electrons. The topological polar surface area (TPSA) is 6.48 Å². The molecule has 0 N–H and O–H groups in total. The third-order valence-corrected chi connectivity index (χ3v) is 3.28. The molecule has 2 nitrogen and oxygen atoms in total. The number of hydrogen-bond donors (Lipinski definition) is 1. The van der Waals surface area contributed by atoms with Gasteiger partial charge in [-0.3, -0.25) is 4.90 Å². The van der Waals surface area contributed by atoms with E-state index in [1.807, 2.05) is 0 Å². The smallest absolute Gasteiger partial charge is 0.0201 e. The fraction of sp³-hybridized carbons (Fsp3) is 0.818. The molecule has 0 bridgehead atoms. The molecule has 1 atom stereocenters. The number of thiol groups is 1. The molecule has 1 aliphatic rings. The maximum atomic E-state index is 4.25. The molecule has 0 saturated carbocycles. The van der Waals surface area contributed by atoms with E-state index in [1.165, 1.54) is 31.6 Å². The lowest BCUT2D eigenvalue weighted by Gasteiger charge is -2.28. The third-order valence-electron chi connectivity index (χ3n) is 2.83. The second-order valence-corrected chi connectivity index (χ2v) is 4.66. The SMILES string of the molecule is C=C(CS)CN1CCCN(C)CC1C. The van der Waals surface area contributed by atoms with Gasteiger partial charge in [0, 0.05) is 31.4 Å². The standard InChI is InChI=1S/C11H22N2S/c1-10(9-14)7-13-6-4-5-12(3)8-11(13)2/h11,14H,1,4-9H2,2-3H3. The quantitative estimate of drug-likeness (QED) is 0.562. The van der Waals surface area contributed by atoms with Gasteiger partial charge in [0.15, 0.2) is 0 Å². The lowest BCUT2D eigenvalue weighted by Crippen LogP contribution is -2.39. The van der Waals surface area contributed by atoms with E-state index in [4.69, 9.17) is 0 Å². The van der Waals surface area contributed by atoms with Gasteiger partial charge in [-0.2, -0.15) is 12.6 Å². The van der Waals surface area contributed by atoms with Crippen LogP contribution in [-0.2, 0) is 0 Å². The Balaban J connectivity index is 2.46. The molecule has 1 unspecified atom stereocenters. The average molecular weight is 214 g/mol. The predicted octanol–water partition coefficient (Wildman–Crippen LogP) is 1.50. The summed E-state index contributed by atoms with van der Waals surface area (Å²) in [4.78, 5) is 4.93. The number of likely N-dealkylation sites (N-methyl/N-ethyl adjacent to an activating group) is 1. The Kier molecular flexibility index (Phi) is 4.99. The molecule has 1 saturated heterocycles. The molecular weight excluding hydrogens is 192 g/mol. The van der Waals surface area contributed by atoms with Crippen LogP contribution in [0.3, 0.4) is 0 Å². The van der Waals surface area contributed by atoms with Crippen LogP contribution < -0.4 is 0 Å². The first-order valence-electron chi connectivity index (χ1n) is 5.33. The molecule has 0 aliphatic carbocycles. The van der Waals surface area contributed by atoms with Gasteiger partial charge in [0.2, 0.25) is 0 Å². The van der Waals surface area contributed by atoms with E-state index in [-0.39, 0.29) is 0 Å². The second kappa shape index (κ2) is 5.79. The fourth-order valence-electron chi connectivity index (χ4n) is 1.99. The summed E-state index contributed by atoms with van der Waals surface area (Å²) in [5.41, 5.74) is 1.23. The van der Waals surface area contributed by atoms with Crippen LogP contribution >= 0.6 is 12.6 Å². The van der Waals surface area contributed by atoms with Gasteiger partial charge in [-0.1, -0.05) is 12.2 Å².